The van der Waals surface area contributed by atoms with Crippen LogP contribution in [0.5, 0.6) is 0 Å². The minimum Gasteiger partial charge on any atom is -0.466 e. The predicted octanol–water partition coefficient (Wildman–Crippen LogP) is 4.40. The summed E-state index contributed by atoms with van der Waals surface area (Å²) in [4.78, 5) is 11.7. The van der Waals surface area contributed by atoms with E-state index in [1.807, 2.05) is 6.92 Å². The minimum atomic E-state index is -0.0196. The van der Waals surface area contributed by atoms with E-state index in [1.165, 1.54) is 43.2 Å². The van der Waals surface area contributed by atoms with E-state index in [9.17, 15) is 4.79 Å². The molecule has 2 atom stereocenters. The van der Waals surface area contributed by atoms with Crippen LogP contribution in [0, 0.1) is 5.92 Å². The van der Waals surface area contributed by atoms with E-state index in [0.29, 0.717) is 12.5 Å². The van der Waals surface area contributed by atoms with Crippen molar-refractivity contribution in [3.8, 4) is 0 Å². The number of ether oxygens (including phenoxy) is 1. The zero-order valence-corrected chi connectivity index (χ0v) is 12.3. The van der Waals surface area contributed by atoms with Gasteiger partial charge in [-0.25, -0.2) is 0 Å². The molecule has 2 unspecified atom stereocenters. The SMILES string of the molecule is CCOC(=O)C1CC1c1ccc(C2CCCCC2)cc1. The maximum absolute atomic E-state index is 11.7. The molecule has 2 fully saturated rings. The molecule has 1 aromatic rings. The van der Waals surface area contributed by atoms with Gasteiger partial charge in [-0.1, -0.05) is 43.5 Å². The Balaban J connectivity index is 1.61. The van der Waals surface area contributed by atoms with Crippen molar-refractivity contribution in [3.05, 3.63) is 35.4 Å². The molecule has 0 aliphatic heterocycles. The van der Waals surface area contributed by atoms with E-state index in [1.54, 1.807) is 0 Å². The average Bonchev–Trinajstić information content (AvgIpc) is 3.29. The Morgan fingerprint density at radius 1 is 1.10 bits per heavy atom. The fraction of sp³-hybridized carbons (Fsp3) is 0.611. The number of carbonyl (C=O) groups is 1. The Kier molecular flexibility index (Phi) is 4.09. The highest BCUT2D eigenvalue weighted by Gasteiger charge is 2.45. The molecule has 2 heteroatoms. The topological polar surface area (TPSA) is 26.3 Å². The van der Waals surface area contributed by atoms with Crippen LogP contribution in [0.25, 0.3) is 0 Å². The summed E-state index contributed by atoms with van der Waals surface area (Å²) in [6.07, 6.45) is 7.79. The smallest absolute Gasteiger partial charge is 0.309 e. The van der Waals surface area contributed by atoms with E-state index >= 15 is 0 Å². The van der Waals surface area contributed by atoms with E-state index in [2.05, 4.69) is 24.3 Å². The van der Waals surface area contributed by atoms with Crippen LogP contribution in [-0.2, 0) is 9.53 Å². The lowest BCUT2D eigenvalue weighted by Crippen LogP contribution is -2.07. The van der Waals surface area contributed by atoms with Crippen LogP contribution in [0.2, 0.25) is 0 Å². The molecular weight excluding hydrogens is 248 g/mol. The van der Waals surface area contributed by atoms with Gasteiger partial charge < -0.3 is 4.74 Å². The van der Waals surface area contributed by atoms with Gasteiger partial charge in [0.25, 0.3) is 0 Å². The molecule has 2 aliphatic carbocycles. The Bertz CT molecular complexity index is 457. The van der Waals surface area contributed by atoms with Crippen LogP contribution < -0.4 is 0 Å². The van der Waals surface area contributed by atoms with E-state index in [0.717, 1.165) is 12.3 Å². The Labute approximate surface area is 121 Å². The Hall–Kier alpha value is -1.31. The van der Waals surface area contributed by atoms with Gasteiger partial charge in [-0.2, -0.15) is 0 Å². The molecule has 2 saturated carbocycles. The molecule has 0 N–H and O–H groups in total. The third-order valence-electron chi connectivity index (χ3n) is 4.82. The highest BCUT2D eigenvalue weighted by molar-refractivity contribution is 5.77. The Morgan fingerprint density at radius 2 is 1.75 bits per heavy atom. The van der Waals surface area contributed by atoms with Crippen molar-refractivity contribution in [1.82, 2.24) is 0 Å². The first-order valence-electron chi connectivity index (χ1n) is 8.06. The van der Waals surface area contributed by atoms with Crippen LogP contribution in [0.15, 0.2) is 24.3 Å². The number of benzene rings is 1. The second-order valence-corrected chi connectivity index (χ2v) is 6.20. The first-order valence-corrected chi connectivity index (χ1v) is 8.06. The lowest BCUT2D eigenvalue weighted by atomic mass is 9.84. The molecule has 0 amide bonds. The maximum Gasteiger partial charge on any atom is 0.309 e. The number of hydrogen-bond acceptors (Lipinski definition) is 2. The van der Waals surface area contributed by atoms with E-state index < -0.39 is 0 Å². The number of rotatable bonds is 4. The molecule has 0 bridgehead atoms. The fourth-order valence-corrected chi connectivity index (χ4v) is 3.52. The van der Waals surface area contributed by atoms with Crippen LogP contribution in [0.1, 0.15) is 68.4 Å². The second-order valence-electron chi connectivity index (χ2n) is 6.20. The van der Waals surface area contributed by atoms with Crippen molar-refractivity contribution in [2.45, 2.75) is 57.3 Å². The van der Waals surface area contributed by atoms with Crippen molar-refractivity contribution in [1.29, 1.82) is 0 Å². The third-order valence-corrected chi connectivity index (χ3v) is 4.82. The van der Waals surface area contributed by atoms with E-state index in [-0.39, 0.29) is 11.9 Å². The normalized spacial score (nSPS) is 26.2. The summed E-state index contributed by atoms with van der Waals surface area (Å²) in [5.74, 6) is 1.25. The third kappa shape index (κ3) is 2.89. The van der Waals surface area contributed by atoms with Crippen molar-refractivity contribution in [3.63, 3.8) is 0 Å². The summed E-state index contributed by atoms with van der Waals surface area (Å²) in [7, 11) is 0. The van der Waals surface area contributed by atoms with Crippen molar-refractivity contribution < 1.29 is 9.53 Å². The molecule has 0 heterocycles. The van der Waals surface area contributed by atoms with Gasteiger partial charge in [0.2, 0.25) is 0 Å². The van der Waals surface area contributed by atoms with Crippen LogP contribution in [0.4, 0.5) is 0 Å². The summed E-state index contributed by atoms with van der Waals surface area (Å²) in [6, 6.07) is 9.03. The minimum absolute atomic E-state index is 0.0196. The van der Waals surface area contributed by atoms with Crippen LogP contribution in [0.3, 0.4) is 0 Å². The molecule has 2 nitrogen and oxygen atoms in total. The molecule has 108 valence electrons. The van der Waals surface area contributed by atoms with E-state index in [4.69, 9.17) is 4.74 Å². The maximum atomic E-state index is 11.7. The first-order chi connectivity index (χ1) is 9.79. The number of hydrogen-bond donors (Lipinski definition) is 0. The first kappa shape index (κ1) is 13.7. The lowest BCUT2D eigenvalue weighted by molar-refractivity contribution is -0.144. The molecule has 0 radical (unpaired) electrons. The van der Waals surface area contributed by atoms with Gasteiger partial charge in [0, 0.05) is 0 Å². The molecule has 0 spiro atoms. The zero-order valence-electron chi connectivity index (χ0n) is 12.3. The lowest BCUT2D eigenvalue weighted by Gasteiger charge is -2.22. The van der Waals surface area contributed by atoms with Crippen LogP contribution >= 0.6 is 0 Å². The quantitative estimate of drug-likeness (QED) is 0.759. The highest BCUT2D eigenvalue weighted by Crippen LogP contribution is 2.48. The molecule has 1 aromatic carbocycles. The highest BCUT2D eigenvalue weighted by atomic mass is 16.5. The largest absolute Gasteiger partial charge is 0.466 e. The molecule has 0 aromatic heterocycles. The average molecular weight is 272 g/mol. The standard InChI is InChI=1S/C18H24O2/c1-2-20-18(19)17-12-16(17)15-10-8-14(9-11-15)13-6-4-3-5-7-13/h8-11,13,16-17H,2-7,12H2,1H3. The van der Waals surface area contributed by atoms with Gasteiger partial charge in [-0.3, -0.25) is 4.79 Å². The summed E-state index contributed by atoms with van der Waals surface area (Å²) in [5, 5.41) is 0. The van der Waals surface area contributed by atoms with Crippen molar-refractivity contribution in [2.24, 2.45) is 5.92 Å². The molecule has 2 aliphatic rings. The molecular formula is C18H24O2. The van der Waals surface area contributed by atoms with Gasteiger partial charge >= 0.3 is 5.97 Å². The van der Waals surface area contributed by atoms with Gasteiger partial charge in [0.05, 0.1) is 12.5 Å². The summed E-state index contributed by atoms with van der Waals surface area (Å²) in [5.41, 5.74) is 2.80. The predicted molar refractivity (Wildman–Crippen MR) is 79.7 cm³/mol. The Morgan fingerprint density at radius 3 is 2.40 bits per heavy atom. The molecule has 0 saturated heterocycles. The van der Waals surface area contributed by atoms with Crippen LogP contribution in [-0.4, -0.2) is 12.6 Å². The van der Waals surface area contributed by atoms with Gasteiger partial charge in [-0.05, 0) is 49.1 Å². The second kappa shape index (κ2) is 5.99. The summed E-state index contributed by atoms with van der Waals surface area (Å²) >= 11 is 0. The number of esters is 1. The number of carbonyl (C=O) groups excluding carboxylic acids is 1. The summed E-state index contributed by atoms with van der Waals surface area (Å²) < 4.78 is 5.10. The van der Waals surface area contributed by atoms with Gasteiger partial charge in [0.15, 0.2) is 0 Å². The fourth-order valence-electron chi connectivity index (χ4n) is 3.52. The van der Waals surface area contributed by atoms with Gasteiger partial charge in [0.1, 0.15) is 0 Å². The summed E-state index contributed by atoms with van der Waals surface area (Å²) in [6.45, 7) is 2.36. The van der Waals surface area contributed by atoms with Gasteiger partial charge in [-0.15, -0.1) is 0 Å². The van der Waals surface area contributed by atoms with Crippen molar-refractivity contribution >= 4 is 5.97 Å². The molecule has 3 rings (SSSR count). The zero-order chi connectivity index (χ0) is 13.9. The van der Waals surface area contributed by atoms with Crippen molar-refractivity contribution in [2.75, 3.05) is 6.61 Å². The molecule has 20 heavy (non-hydrogen) atoms. The monoisotopic (exact) mass is 272 g/mol.